The molecule has 0 aliphatic carbocycles. The van der Waals surface area contributed by atoms with Gasteiger partial charge in [0.2, 0.25) is 0 Å². The van der Waals surface area contributed by atoms with Crippen molar-refractivity contribution in [3.8, 4) is 0 Å². The van der Waals surface area contributed by atoms with Crippen LogP contribution < -0.4 is 5.32 Å². The van der Waals surface area contributed by atoms with E-state index in [-0.39, 0.29) is 33.7 Å². The van der Waals surface area contributed by atoms with Gasteiger partial charge in [-0.2, -0.15) is 0 Å². The van der Waals surface area contributed by atoms with E-state index < -0.39 is 0 Å². The minimum Gasteiger partial charge on any atom is -0.331 e. The molecule has 0 saturated heterocycles. The normalized spacial score (nSPS) is 9.07. The number of hydrogen-bond acceptors (Lipinski definition) is 1. The van der Waals surface area contributed by atoms with Crippen LogP contribution in [0.5, 0.6) is 0 Å². The Bertz CT molecular complexity index is 358. The Morgan fingerprint density at radius 1 is 1.27 bits per heavy atom. The molecule has 0 fully saturated rings. The van der Waals surface area contributed by atoms with Crippen LogP contribution in [0.1, 0.15) is 0 Å². The molecule has 1 aromatic carbocycles. The van der Waals surface area contributed by atoms with Crippen molar-refractivity contribution in [1.82, 2.24) is 4.90 Å². The van der Waals surface area contributed by atoms with Crippen molar-refractivity contribution in [3.05, 3.63) is 28.2 Å². The number of nitrogens with one attached hydrogen (secondary N) is 1. The van der Waals surface area contributed by atoms with Crippen molar-refractivity contribution in [2.24, 2.45) is 0 Å². The predicted octanol–water partition coefficient (Wildman–Crippen LogP) is 3.08. The summed E-state index contributed by atoms with van der Waals surface area (Å²) in [5, 5.41) is 3.54. The SMILES string of the molecule is CN(C)C(=O)Nc1ccc(Cl)c(Cl)c1.[Hg]. The Morgan fingerprint density at radius 3 is 2.33 bits per heavy atom. The molecule has 3 nitrogen and oxygen atoms in total. The third kappa shape index (κ3) is 4.57. The van der Waals surface area contributed by atoms with Crippen LogP contribution in [-0.2, 0) is 27.7 Å². The van der Waals surface area contributed by atoms with Crippen LogP contribution in [0.3, 0.4) is 0 Å². The maximum Gasteiger partial charge on any atom is 0.321 e. The Balaban J connectivity index is 0.00000196. The number of hydrogen-bond donors (Lipinski definition) is 1. The van der Waals surface area contributed by atoms with E-state index >= 15 is 0 Å². The van der Waals surface area contributed by atoms with Gasteiger partial charge in [-0.3, -0.25) is 0 Å². The molecule has 0 unspecified atom stereocenters. The van der Waals surface area contributed by atoms with Gasteiger partial charge in [-0.25, -0.2) is 4.79 Å². The molecule has 0 aliphatic heterocycles. The van der Waals surface area contributed by atoms with E-state index in [9.17, 15) is 4.79 Å². The number of carbonyl (C=O) groups is 1. The van der Waals surface area contributed by atoms with Crippen LogP contribution in [0.15, 0.2) is 18.2 Å². The average molecular weight is 434 g/mol. The van der Waals surface area contributed by atoms with Gasteiger partial charge in [0, 0.05) is 47.5 Å². The number of carbonyl (C=O) groups excluding carboxylic acids is 1. The molecule has 78 valence electrons. The van der Waals surface area contributed by atoms with E-state index in [2.05, 4.69) is 5.32 Å². The zero-order chi connectivity index (χ0) is 10.7. The van der Waals surface area contributed by atoms with Gasteiger partial charge in [-0.05, 0) is 18.2 Å². The number of benzene rings is 1. The first-order valence-corrected chi connectivity index (χ1v) is 4.69. The van der Waals surface area contributed by atoms with Gasteiger partial charge in [0.1, 0.15) is 0 Å². The second-order valence-corrected chi connectivity index (χ2v) is 3.77. The topological polar surface area (TPSA) is 32.3 Å². The molecular formula is C9H10Cl2HgN2O. The van der Waals surface area contributed by atoms with Crippen molar-refractivity contribution in [2.75, 3.05) is 19.4 Å². The first-order valence-electron chi connectivity index (χ1n) is 3.94. The number of anilines is 1. The summed E-state index contributed by atoms with van der Waals surface area (Å²) in [5.41, 5.74) is 0.623. The molecule has 2 amide bonds. The van der Waals surface area contributed by atoms with Crippen molar-refractivity contribution >= 4 is 34.9 Å². The number of urea groups is 1. The third-order valence-corrected chi connectivity index (χ3v) is 2.32. The number of nitrogens with zero attached hydrogens (tertiary/aromatic N) is 1. The molecule has 1 rings (SSSR count). The minimum absolute atomic E-state index is 0. The summed E-state index contributed by atoms with van der Waals surface area (Å²) >= 11 is 11.5. The van der Waals surface area contributed by atoms with E-state index in [4.69, 9.17) is 23.2 Å². The molecule has 0 spiro atoms. The summed E-state index contributed by atoms with van der Waals surface area (Å²) in [6.45, 7) is 0. The Hall–Kier alpha value is 0.00506. The van der Waals surface area contributed by atoms with Crippen molar-refractivity contribution in [3.63, 3.8) is 0 Å². The van der Waals surface area contributed by atoms with Crippen LogP contribution >= 0.6 is 23.2 Å². The van der Waals surface area contributed by atoms with Gasteiger partial charge in [0.05, 0.1) is 10.0 Å². The zero-order valence-electron chi connectivity index (χ0n) is 8.55. The molecule has 0 radical (unpaired) electrons. The second-order valence-electron chi connectivity index (χ2n) is 2.95. The summed E-state index contributed by atoms with van der Waals surface area (Å²) in [6, 6.07) is 4.72. The molecule has 0 atom stereocenters. The quantitative estimate of drug-likeness (QED) is 0.678. The number of amides is 2. The van der Waals surface area contributed by atoms with Gasteiger partial charge in [0.15, 0.2) is 0 Å². The molecule has 0 bridgehead atoms. The Labute approximate surface area is 119 Å². The molecular weight excluding hydrogens is 424 g/mol. The molecule has 1 aromatic rings. The molecule has 0 heterocycles. The van der Waals surface area contributed by atoms with Crippen LogP contribution in [0.25, 0.3) is 0 Å². The van der Waals surface area contributed by atoms with E-state index in [0.717, 1.165) is 0 Å². The van der Waals surface area contributed by atoms with Gasteiger partial charge in [-0.1, -0.05) is 23.2 Å². The fraction of sp³-hybridized carbons (Fsp3) is 0.222. The minimum atomic E-state index is -0.205. The van der Waals surface area contributed by atoms with Crippen LogP contribution in [0.4, 0.5) is 10.5 Å². The van der Waals surface area contributed by atoms with Crippen LogP contribution in [-0.4, -0.2) is 25.0 Å². The molecule has 0 aliphatic rings. The van der Waals surface area contributed by atoms with Gasteiger partial charge in [-0.15, -0.1) is 0 Å². The van der Waals surface area contributed by atoms with Gasteiger partial charge < -0.3 is 10.2 Å². The average Bonchev–Trinajstić information content (AvgIpc) is 2.11. The summed E-state index contributed by atoms with van der Waals surface area (Å²) in [5.74, 6) is 0. The predicted molar refractivity (Wildman–Crippen MR) is 59.2 cm³/mol. The van der Waals surface area contributed by atoms with Crippen LogP contribution in [0, 0.1) is 0 Å². The standard InChI is InChI=1S/C9H10Cl2N2O.Hg/c1-13(2)9(14)12-6-3-4-7(10)8(11)5-6;/h3-5H,1-2H3,(H,12,14);. The maximum atomic E-state index is 11.2. The van der Waals surface area contributed by atoms with Gasteiger partial charge in [0.25, 0.3) is 0 Å². The zero-order valence-corrected chi connectivity index (χ0v) is 15.6. The maximum absolute atomic E-state index is 11.2. The Kier molecular flexibility index (Phi) is 6.56. The fourth-order valence-corrected chi connectivity index (χ4v) is 1.11. The molecule has 15 heavy (non-hydrogen) atoms. The number of halogens is 2. The summed E-state index contributed by atoms with van der Waals surface area (Å²) < 4.78 is 0. The second kappa shape index (κ2) is 6.56. The van der Waals surface area contributed by atoms with E-state index in [1.54, 1.807) is 32.3 Å². The first-order chi connectivity index (χ1) is 6.50. The largest absolute Gasteiger partial charge is 0.331 e. The van der Waals surface area contributed by atoms with Gasteiger partial charge >= 0.3 is 6.03 Å². The van der Waals surface area contributed by atoms with E-state index in [1.165, 1.54) is 4.90 Å². The van der Waals surface area contributed by atoms with Crippen molar-refractivity contribution in [2.45, 2.75) is 0 Å². The smallest absolute Gasteiger partial charge is 0.321 e. The monoisotopic (exact) mass is 434 g/mol. The Morgan fingerprint density at radius 2 is 1.87 bits per heavy atom. The van der Waals surface area contributed by atoms with Crippen molar-refractivity contribution < 1.29 is 32.5 Å². The molecule has 6 heteroatoms. The summed E-state index contributed by atoms with van der Waals surface area (Å²) in [4.78, 5) is 12.7. The van der Waals surface area contributed by atoms with Crippen molar-refractivity contribution in [1.29, 1.82) is 0 Å². The van der Waals surface area contributed by atoms with E-state index in [0.29, 0.717) is 15.7 Å². The number of rotatable bonds is 1. The van der Waals surface area contributed by atoms with Crippen LogP contribution in [0.2, 0.25) is 10.0 Å². The fourth-order valence-electron chi connectivity index (χ4n) is 0.809. The summed E-state index contributed by atoms with van der Waals surface area (Å²) in [6.07, 6.45) is 0. The molecule has 0 aromatic heterocycles. The third-order valence-electron chi connectivity index (χ3n) is 1.58. The molecule has 1 N–H and O–H groups in total. The van der Waals surface area contributed by atoms with E-state index in [1.807, 2.05) is 0 Å². The summed E-state index contributed by atoms with van der Waals surface area (Å²) in [7, 11) is 3.32. The first kappa shape index (κ1) is 15.0. The molecule has 0 saturated carbocycles.